The molecule has 2 rings (SSSR count). The molecule has 0 aromatic carbocycles. The minimum Gasteiger partial charge on any atom is -0.505 e. The van der Waals surface area contributed by atoms with Crippen molar-refractivity contribution in [3.05, 3.63) is 38.6 Å². The third kappa shape index (κ3) is 1.87. The number of terminal acetylenes is 1. The van der Waals surface area contributed by atoms with Crippen LogP contribution in [0.25, 0.3) is 0 Å². The molecule has 1 aliphatic heterocycles. The normalized spacial score (nSPS) is 27.0. The zero-order valence-corrected chi connectivity index (χ0v) is 10.3. The Balaban J connectivity index is 2.58. The Morgan fingerprint density at radius 2 is 2.30 bits per heavy atom. The van der Waals surface area contributed by atoms with Crippen molar-refractivity contribution in [2.45, 2.75) is 24.9 Å². The minimum atomic E-state index is -2.39. The second kappa shape index (κ2) is 4.52. The van der Waals surface area contributed by atoms with E-state index in [0.717, 1.165) is 6.20 Å². The molecule has 1 unspecified atom stereocenters. The SMILES string of the molecule is C#CC1(O)C(O)=C([C@H](C)O)O[C@H]1n1ncc(=O)[nH]c1=O. The number of hydrogen-bond donors (Lipinski definition) is 4. The first-order valence-electron chi connectivity index (χ1n) is 5.48. The van der Waals surface area contributed by atoms with E-state index in [1.807, 2.05) is 10.9 Å². The fourth-order valence-corrected chi connectivity index (χ4v) is 1.76. The molecule has 0 spiro atoms. The molecule has 1 aliphatic rings. The number of aliphatic hydroxyl groups excluding tert-OH is 2. The molecular weight excluding hydrogens is 270 g/mol. The summed E-state index contributed by atoms with van der Waals surface area (Å²) in [5, 5.41) is 33.0. The first kappa shape index (κ1) is 13.9. The summed E-state index contributed by atoms with van der Waals surface area (Å²) in [4.78, 5) is 24.5. The molecule has 0 fully saturated rings. The van der Waals surface area contributed by atoms with E-state index in [4.69, 9.17) is 11.2 Å². The summed E-state index contributed by atoms with van der Waals surface area (Å²) in [7, 11) is 0. The van der Waals surface area contributed by atoms with Crippen molar-refractivity contribution in [1.82, 2.24) is 14.8 Å². The van der Waals surface area contributed by atoms with E-state index in [9.17, 15) is 24.9 Å². The Morgan fingerprint density at radius 3 is 2.80 bits per heavy atom. The third-order valence-electron chi connectivity index (χ3n) is 2.75. The van der Waals surface area contributed by atoms with Crippen molar-refractivity contribution in [2.75, 3.05) is 0 Å². The molecule has 0 radical (unpaired) electrons. The summed E-state index contributed by atoms with van der Waals surface area (Å²) in [6.07, 6.45) is 3.06. The average Bonchev–Trinajstić information content (AvgIpc) is 2.64. The van der Waals surface area contributed by atoms with Crippen LogP contribution in [0.4, 0.5) is 0 Å². The topological polar surface area (TPSA) is 138 Å². The molecule has 9 heteroatoms. The van der Waals surface area contributed by atoms with Gasteiger partial charge in [-0.3, -0.25) is 9.78 Å². The number of aromatic amines is 1. The molecule has 1 aromatic heterocycles. The second-order valence-electron chi connectivity index (χ2n) is 4.15. The van der Waals surface area contributed by atoms with E-state index in [2.05, 4.69) is 5.10 Å². The smallest absolute Gasteiger partial charge is 0.348 e. The highest BCUT2D eigenvalue weighted by atomic mass is 16.6. The van der Waals surface area contributed by atoms with Crippen molar-refractivity contribution in [3.8, 4) is 12.3 Å². The van der Waals surface area contributed by atoms with Crippen LogP contribution in [0.1, 0.15) is 13.2 Å². The number of hydrogen-bond acceptors (Lipinski definition) is 7. The standard InChI is InChI=1S/C11H11N3O6/c1-3-11(19)8(17)7(5(2)15)20-9(11)14-10(18)13-6(16)4-12-14/h1,4-5,9,15,17,19H,2H3,(H,13,16,18)/t5-,9+,11?/m0/s1. The Bertz CT molecular complexity index is 725. The van der Waals surface area contributed by atoms with E-state index in [1.165, 1.54) is 6.92 Å². The number of ether oxygens (including phenoxy) is 1. The molecule has 1 aromatic rings. The Hall–Kier alpha value is -2.57. The predicted octanol–water partition coefficient (Wildman–Crippen LogP) is -2.02. The fourth-order valence-electron chi connectivity index (χ4n) is 1.76. The molecule has 0 amide bonds. The first-order valence-corrected chi connectivity index (χ1v) is 5.48. The number of nitrogens with one attached hydrogen (secondary N) is 1. The van der Waals surface area contributed by atoms with E-state index in [0.29, 0.717) is 4.68 Å². The summed E-state index contributed by atoms with van der Waals surface area (Å²) >= 11 is 0. The van der Waals surface area contributed by atoms with Gasteiger partial charge in [0.2, 0.25) is 11.8 Å². The van der Waals surface area contributed by atoms with Gasteiger partial charge in [-0.25, -0.2) is 4.79 Å². The van der Waals surface area contributed by atoms with Crippen LogP contribution < -0.4 is 11.2 Å². The molecule has 106 valence electrons. The summed E-state index contributed by atoms with van der Waals surface area (Å²) in [5.41, 5.74) is -4.13. The van der Waals surface area contributed by atoms with E-state index < -0.39 is 34.9 Å². The van der Waals surface area contributed by atoms with Crippen LogP contribution in [0.15, 0.2) is 27.3 Å². The Kier molecular flexibility index (Phi) is 3.13. The van der Waals surface area contributed by atoms with Gasteiger partial charge in [-0.2, -0.15) is 9.78 Å². The van der Waals surface area contributed by atoms with Crippen LogP contribution in [-0.2, 0) is 4.74 Å². The van der Waals surface area contributed by atoms with Gasteiger partial charge in [-0.15, -0.1) is 6.42 Å². The van der Waals surface area contributed by atoms with Crippen molar-refractivity contribution >= 4 is 0 Å². The lowest BCUT2D eigenvalue weighted by Crippen LogP contribution is -2.44. The van der Waals surface area contributed by atoms with Gasteiger partial charge in [0.25, 0.3) is 5.56 Å². The Labute approximate surface area is 111 Å². The lowest BCUT2D eigenvalue weighted by molar-refractivity contribution is -0.0671. The van der Waals surface area contributed by atoms with Crippen molar-refractivity contribution in [2.24, 2.45) is 0 Å². The third-order valence-corrected chi connectivity index (χ3v) is 2.75. The molecule has 0 bridgehead atoms. The van der Waals surface area contributed by atoms with Gasteiger partial charge in [0, 0.05) is 0 Å². The summed E-state index contributed by atoms with van der Waals surface area (Å²) < 4.78 is 5.68. The highest BCUT2D eigenvalue weighted by Crippen LogP contribution is 2.39. The number of rotatable bonds is 2. The van der Waals surface area contributed by atoms with E-state index >= 15 is 0 Å². The average molecular weight is 281 g/mol. The van der Waals surface area contributed by atoms with Crippen LogP contribution in [0.5, 0.6) is 0 Å². The molecule has 3 atom stereocenters. The van der Waals surface area contributed by atoms with E-state index in [-0.39, 0.29) is 5.76 Å². The minimum absolute atomic E-state index is 0.379. The van der Waals surface area contributed by atoms with Crippen LogP contribution >= 0.6 is 0 Å². The lowest BCUT2D eigenvalue weighted by Gasteiger charge is -2.23. The van der Waals surface area contributed by atoms with Gasteiger partial charge >= 0.3 is 5.69 Å². The van der Waals surface area contributed by atoms with Crippen LogP contribution in [0, 0.1) is 12.3 Å². The maximum absolute atomic E-state index is 11.6. The van der Waals surface area contributed by atoms with Crippen LogP contribution in [0.2, 0.25) is 0 Å². The second-order valence-corrected chi connectivity index (χ2v) is 4.15. The summed E-state index contributed by atoms with van der Waals surface area (Å²) in [6, 6.07) is 0. The number of aliphatic hydroxyl groups is 3. The number of H-pyrrole nitrogens is 1. The molecule has 0 saturated carbocycles. The van der Waals surface area contributed by atoms with Crippen LogP contribution in [-0.4, -0.2) is 41.8 Å². The molecular formula is C11H11N3O6. The summed E-state index contributed by atoms with van der Waals surface area (Å²) in [6.45, 7) is 1.27. The molecule has 9 nitrogen and oxygen atoms in total. The van der Waals surface area contributed by atoms with Gasteiger partial charge < -0.3 is 20.1 Å². The van der Waals surface area contributed by atoms with E-state index in [1.54, 1.807) is 0 Å². The largest absolute Gasteiger partial charge is 0.505 e. The zero-order chi connectivity index (χ0) is 15.1. The highest BCUT2D eigenvalue weighted by molar-refractivity contribution is 5.33. The number of nitrogens with zero attached hydrogens (tertiary/aromatic N) is 2. The summed E-state index contributed by atoms with van der Waals surface area (Å²) in [5.74, 6) is 0.714. The zero-order valence-electron chi connectivity index (χ0n) is 10.3. The van der Waals surface area contributed by atoms with Gasteiger partial charge in [-0.1, -0.05) is 5.92 Å². The fraction of sp³-hybridized carbons (Fsp3) is 0.364. The number of aromatic nitrogens is 3. The van der Waals surface area contributed by atoms with Crippen LogP contribution in [0.3, 0.4) is 0 Å². The maximum Gasteiger partial charge on any atom is 0.348 e. The van der Waals surface area contributed by atoms with Gasteiger partial charge in [-0.05, 0) is 6.92 Å². The monoisotopic (exact) mass is 281 g/mol. The first-order chi connectivity index (χ1) is 9.31. The maximum atomic E-state index is 11.6. The molecule has 2 heterocycles. The predicted molar refractivity (Wildman–Crippen MR) is 64.4 cm³/mol. The lowest BCUT2D eigenvalue weighted by atomic mass is 10.0. The quantitative estimate of drug-likeness (QED) is 0.459. The van der Waals surface area contributed by atoms with Gasteiger partial charge in [0.15, 0.2) is 11.5 Å². The van der Waals surface area contributed by atoms with Crippen molar-refractivity contribution < 1.29 is 20.1 Å². The molecule has 0 aliphatic carbocycles. The Morgan fingerprint density at radius 1 is 1.65 bits per heavy atom. The molecule has 4 N–H and O–H groups in total. The van der Waals surface area contributed by atoms with Crippen molar-refractivity contribution in [1.29, 1.82) is 0 Å². The van der Waals surface area contributed by atoms with Gasteiger partial charge in [0.05, 0.1) is 0 Å². The van der Waals surface area contributed by atoms with Gasteiger partial charge in [0.1, 0.15) is 12.3 Å². The molecule has 0 saturated heterocycles. The highest BCUT2D eigenvalue weighted by Gasteiger charge is 2.52. The molecule has 20 heavy (non-hydrogen) atoms. The van der Waals surface area contributed by atoms with Crippen molar-refractivity contribution in [3.63, 3.8) is 0 Å².